The molecule has 3 fully saturated rings. The molecule has 0 spiro atoms. The highest BCUT2D eigenvalue weighted by Gasteiger charge is 2.41. The fourth-order valence-electron chi connectivity index (χ4n) is 4.86. The first-order valence-electron chi connectivity index (χ1n) is 11.0. The topological polar surface area (TPSA) is 76.4 Å². The molecule has 4 rings (SSSR count). The minimum absolute atomic E-state index is 0. The van der Waals surface area contributed by atoms with Crippen LogP contribution in [0.15, 0.2) is 10.1 Å². The molecule has 0 amide bonds. The molecule has 1 saturated carbocycles. The zero-order valence-electron chi connectivity index (χ0n) is 17.6. The van der Waals surface area contributed by atoms with Crippen LogP contribution in [0.25, 0.3) is 0 Å². The zero-order valence-corrected chi connectivity index (χ0v) is 20.7. The van der Waals surface area contributed by atoms with Gasteiger partial charge in [0.15, 0.2) is 11.1 Å². The third kappa shape index (κ3) is 5.58. The highest BCUT2D eigenvalue weighted by molar-refractivity contribution is 14.0. The summed E-state index contributed by atoms with van der Waals surface area (Å²) >= 11 is 1.71. The summed E-state index contributed by atoms with van der Waals surface area (Å²) in [7, 11) is 0. The summed E-state index contributed by atoms with van der Waals surface area (Å²) in [6.07, 6.45) is 13.5. The number of fused-ring (bicyclic) bond motifs is 2. The number of halogens is 1. The van der Waals surface area contributed by atoms with Gasteiger partial charge in [-0.15, -0.1) is 34.2 Å². The van der Waals surface area contributed by atoms with Crippen molar-refractivity contribution in [2.75, 3.05) is 19.3 Å². The Morgan fingerprint density at radius 2 is 2.07 bits per heavy atom. The number of thioether (sulfide) groups is 1. The Kier molecular flexibility index (Phi) is 8.91. The van der Waals surface area contributed by atoms with Gasteiger partial charge in [-0.3, -0.25) is 4.99 Å². The third-order valence-corrected chi connectivity index (χ3v) is 6.85. The Morgan fingerprint density at radius 3 is 2.72 bits per heavy atom. The van der Waals surface area contributed by atoms with Gasteiger partial charge in [-0.1, -0.05) is 24.6 Å². The van der Waals surface area contributed by atoms with Crippen LogP contribution < -0.4 is 10.6 Å². The third-order valence-electron chi connectivity index (χ3n) is 6.21. The van der Waals surface area contributed by atoms with Crippen molar-refractivity contribution in [3.05, 3.63) is 5.82 Å². The Labute approximate surface area is 195 Å². The largest absolute Gasteiger partial charge is 0.373 e. The van der Waals surface area contributed by atoms with Crippen LogP contribution in [0, 0.1) is 0 Å². The molecular formula is C20H35IN6OS. The molecule has 3 heterocycles. The van der Waals surface area contributed by atoms with Crippen LogP contribution >= 0.6 is 35.7 Å². The predicted molar refractivity (Wildman–Crippen MR) is 128 cm³/mol. The van der Waals surface area contributed by atoms with E-state index in [1.165, 1.54) is 38.5 Å². The summed E-state index contributed by atoms with van der Waals surface area (Å²) in [6, 6.07) is 0.999. The van der Waals surface area contributed by atoms with Gasteiger partial charge in [0.1, 0.15) is 5.82 Å². The summed E-state index contributed by atoms with van der Waals surface area (Å²) in [5.41, 5.74) is 0. The lowest BCUT2D eigenvalue weighted by atomic mass is 9.96. The average molecular weight is 535 g/mol. The highest BCUT2D eigenvalue weighted by Crippen LogP contribution is 2.34. The van der Waals surface area contributed by atoms with Gasteiger partial charge in [-0.2, -0.15) is 0 Å². The maximum Gasteiger partial charge on any atom is 0.191 e. The lowest BCUT2D eigenvalue weighted by molar-refractivity contribution is 0.0992. The minimum Gasteiger partial charge on any atom is -0.373 e. The first kappa shape index (κ1) is 23.1. The molecule has 2 bridgehead atoms. The zero-order chi connectivity index (χ0) is 19.3. The number of aryl methyl sites for hydroxylation is 1. The summed E-state index contributed by atoms with van der Waals surface area (Å²) in [6.45, 7) is 3.78. The van der Waals surface area contributed by atoms with E-state index in [4.69, 9.17) is 9.73 Å². The Bertz CT molecular complexity index is 678. The van der Waals surface area contributed by atoms with Gasteiger partial charge in [0.2, 0.25) is 0 Å². The molecule has 164 valence electrons. The monoisotopic (exact) mass is 534 g/mol. The maximum atomic E-state index is 5.96. The first-order chi connectivity index (χ1) is 13.8. The van der Waals surface area contributed by atoms with Gasteiger partial charge in [0.25, 0.3) is 0 Å². The minimum atomic E-state index is 0. The second-order valence-corrected chi connectivity index (χ2v) is 8.91. The Hall–Kier alpha value is -0.550. The van der Waals surface area contributed by atoms with Crippen molar-refractivity contribution in [2.45, 2.75) is 94.2 Å². The molecule has 1 aromatic rings. The molecule has 7 nitrogen and oxygen atoms in total. The number of ether oxygens (including phenoxy) is 1. The molecule has 2 N–H and O–H groups in total. The molecule has 29 heavy (non-hydrogen) atoms. The fraction of sp³-hybridized carbons (Fsp3) is 0.850. The average Bonchev–Trinajstić information content (AvgIpc) is 3.49. The molecule has 9 heteroatoms. The second-order valence-electron chi connectivity index (χ2n) is 8.14. The molecule has 3 unspecified atom stereocenters. The molecule has 3 aliphatic rings. The van der Waals surface area contributed by atoms with E-state index in [0.29, 0.717) is 24.3 Å². The number of aliphatic imine (C=N–C) groups is 1. The van der Waals surface area contributed by atoms with Crippen LogP contribution in [0.3, 0.4) is 0 Å². The summed E-state index contributed by atoms with van der Waals surface area (Å²) in [5, 5.41) is 16.9. The van der Waals surface area contributed by atoms with Crippen LogP contribution in [-0.4, -0.2) is 58.3 Å². The van der Waals surface area contributed by atoms with Gasteiger partial charge in [0.05, 0.1) is 18.2 Å². The number of rotatable bonds is 8. The van der Waals surface area contributed by atoms with Crippen molar-refractivity contribution in [1.29, 1.82) is 0 Å². The van der Waals surface area contributed by atoms with Gasteiger partial charge < -0.3 is 19.9 Å². The number of hydrogen-bond acceptors (Lipinski definition) is 5. The predicted octanol–water partition coefficient (Wildman–Crippen LogP) is 3.54. The number of aromatic nitrogens is 3. The molecule has 0 radical (unpaired) electrons. The SMILES string of the molecule is CCNC(=NCCCc1nnc(SC)n1C1CCCC1)NC1CC2CCC1O2.I. The van der Waals surface area contributed by atoms with Crippen molar-refractivity contribution < 1.29 is 4.74 Å². The molecule has 2 aliphatic heterocycles. The molecule has 1 aromatic heterocycles. The Balaban J connectivity index is 0.00000240. The number of nitrogens with zero attached hydrogens (tertiary/aromatic N) is 4. The van der Waals surface area contributed by atoms with E-state index in [1.807, 2.05) is 0 Å². The summed E-state index contributed by atoms with van der Waals surface area (Å²) in [5.74, 6) is 2.05. The molecule has 3 atom stereocenters. The van der Waals surface area contributed by atoms with Gasteiger partial charge in [0, 0.05) is 25.6 Å². The summed E-state index contributed by atoms with van der Waals surface area (Å²) < 4.78 is 8.36. The second kappa shape index (κ2) is 11.2. The van der Waals surface area contributed by atoms with E-state index in [9.17, 15) is 0 Å². The molecular weight excluding hydrogens is 499 g/mol. The van der Waals surface area contributed by atoms with E-state index in [0.717, 1.165) is 49.3 Å². The van der Waals surface area contributed by atoms with Crippen molar-refractivity contribution >= 4 is 41.7 Å². The number of hydrogen-bond donors (Lipinski definition) is 2. The van der Waals surface area contributed by atoms with Crippen molar-refractivity contribution in [3.8, 4) is 0 Å². The summed E-state index contributed by atoms with van der Waals surface area (Å²) in [4.78, 5) is 4.81. The van der Waals surface area contributed by atoms with E-state index in [2.05, 4.69) is 38.6 Å². The van der Waals surface area contributed by atoms with E-state index >= 15 is 0 Å². The van der Waals surface area contributed by atoms with Crippen molar-refractivity contribution in [2.24, 2.45) is 4.99 Å². The van der Waals surface area contributed by atoms with E-state index in [1.54, 1.807) is 11.8 Å². The maximum absolute atomic E-state index is 5.96. The van der Waals surface area contributed by atoms with Crippen molar-refractivity contribution in [1.82, 2.24) is 25.4 Å². The van der Waals surface area contributed by atoms with Crippen LogP contribution in [-0.2, 0) is 11.2 Å². The van der Waals surface area contributed by atoms with Crippen LogP contribution in [0.4, 0.5) is 0 Å². The van der Waals surface area contributed by atoms with E-state index in [-0.39, 0.29) is 24.0 Å². The quantitative estimate of drug-likeness (QED) is 0.175. The highest BCUT2D eigenvalue weighted by atomic mass is 127. The lowest BCUT2D eigenvalue weighted by Crippen LogP contribution is -2.47. The van der Waals surface area contributed by atoms with Gasteiger partial charge >= 0.3 is 0 Å². The van der Waals surface area contributed by atoms with E-state index < -0.39 is 0 Å². The van der Waals surface area contributed by atoms with Crippen molar-refractivity contribution in [3.63, 3.8) is 0 Å². The smallest absolute Gasteiger partial charge is 0.191 e. The first-order valence-corrected chi connectivity index (χ1v) is 12.2. The standard InChI is InChI=1S/C20H34N6OS.HI/c1-3-21-19(23-16-13-15-10-11-17(16)27-15)22-12-6-9-18-24-25-20(28-2)26(18)14-7-4-5-8-14;/h14-17H,3-13H2,1-2H3,(H2,21,22,23);1H. The van der Waals surface area contributed by atoms with Gasteiger partial charge in [-0.25, -0.2) is 0 Å². The molecule has 0 aromatic carbocycles. The fourth-order valence-corrected chi connectivity index (χ4v) is 5.43. The molecule has 2 saturated heterocycles. The number of nitrogens with one attached hydrogen (secondary N) is 2. The normalized spacial score (nSPS) is 26.7. The van der Waals surface area contributed by atoms with Crippen LogP contribution in [0.5, 0.6) is 0 Å². The van der Waals surface area contributed by atoms with Gasteiger partial charge in [-0.05, 0) is 51.7 Å². The Morgan fingerprint density at radius 1 is 1.24 bits per heavy atom. The van der Waals surface area contributed by atoms with Crippen LogP contribution in [0.1, 0.15) is 70.2 Å². The molecule has 1 aliphatic carbocycles. The lowest BCUT2D eigenvalue weighted by Gasteiger charge is -2.22. The van der Waals surface area contributed by atoms with Crippen LogP contribution in [0.2, 0.25) is 0 Å². The number of guanidine groups is 1.